The van der Waals surface area contributed by atoms with E-state index in [0.29, 0.717) is 5.56 Å². The van der Waals surface area contributed by atoms with Crippen LogP contribution in [0.1, 0.15) is 11.3 Å². The second-order valence-electron chi connectivity index (χ2n) is 2.26. The van der Waals surface area contributed by atoms with E-state index in [1.54, 1.807) is 25.4 Å². The molecule has 64 valence electrons. The summed E-state index contributed by atoms with van der Waals surface area (Å²) in [5.41, 5.74) is 0.663. The first kappa shape index (κ1) is 13.2. The second-order valence-corrected chi connectivity index (χ2v) is 3.35. The summed E-state index contributed by atoms with van der Waals surface area (Å²) < 4.78 is 10.7. The summed E-state index contributed by atoms with van der Waals surface area (Å²) in [6.07, 6.45) is 3.14. The molecule has 1 aromatic heterocycles. The van der Waals surface area contributed by atoms with Gasteiger partial charge in [-0.25, -0.2) is 0 Å². The average Bonchev–Trinajstić information content (AvgIpc) is 2.07. The van der Waals surface area contributed by atoms with Crippen LogP contribution in [0.4, 0.5) is 0 Å². The van der Waals surface area contributed by atoms with Crippen molar-refractivity contribution in [1.82, 2.24) is 10.3 Å². The molecule has 6 heteroatoms. The zero-order valence-electron chi connectivity index (χ0n) is 7.60. The molecule has 0 saturated heterocycles. The summed E-state index contributed by atoms with van der Waals surface area (Å²) >= 11 is 0. The van der Waals surface area contributed by atoms with Crippen LogP contribution in [0.3, 0.4) is 0 Å². The molecule has 2 unspecified atom stereocenters. The number of rotatable bonds is 3. The third-order valence-electron chi connectivity index (χ3n) is 1.48. The predicted octanol–water partition coefficient (Wildman–Crippen LogP) is -2.59. The van der Waals surface area contributed by atoms with Gasteiger partial charge in [0.05, 0.1) is 0 Å². The van der Waals surface area contributed by atoms with E-state index in [0.717, 1.165) is 0 Å². The van der Waals surface area contributed by atoms with Crippen LogP contribution in [-0.2, 0) is 4.57 Å². The van der Waals surface area contributed by atoms with Crippen molar-refractivity contribution in [3.05, 3.63) is 30.1 Å². The van der Waals surface area contributed by atoms with E-state index in [-0.39, 0.29) is 29.6 Å². The zero-order valence-corrected chi connectivity index (χ0v) is 10.5. The number of aromatic nitrogens is 1. The van der Waals surface area contributed by atoms with Crippen LogP contribution >= 0.6 is 8.03 Å². The van der Waals surface area contributed by atoms with E-state index in [2.05, 4.69) is 10.3 Å². The molecule has 0 saturated carbocycles. The molecule has 0 aliphatic carbocycles. The SMILES string of the molecule is CNC(c1cccnc1)[P+](=O)[O-].[Na+]. The molecule has 0 spiro atoms. The van der Waals surface area contributed by atoms with E-state index in [9.17, 15) is 9.46 Å². The van der Waals surface area contributed by atoms with Crippen LogP contribution < -0.4 is 39.8 Å². The minimum Gasteiger partial charge on any atom is -0.594 e. The van der Waals surface area contributed by atoms with Gasteiger partial charge >= 0.3 is 37.6 Å². The third-order valence-corrected chi connectivity index (χ3v) is 2.46. The Bertz CT molecular complexity index is 270. The van der Waals surface area contributed by atoms with Crippen molar-refractivity contribution in [3.63, 3.8) is 0 Å². The second kappa shape index (κ2) is 6.60. The molecule has 0 radical (unpaired) electrons. The van der Waals surface area contributed by atoms with Gasteiger partial charge in [0.2, 0.25) is 5.78 Å². The van der Waals surface area contributed by atoms with Crippen molar-refractivity contribution in [2.24, 2.45) is 0 Å². The molecular formula is C7H9N2NaO2P+. The van der Waals surface area contributed by atoms with E-state index < -0.39 is 13.8 Å². The maximum absolute atomic E-state index is 10.7. The molecule has 1 rings (SSSR count). The molecule has 0 bridgehead atoms. The van der Waals surface area contributed by atoms with Gasteiger partial charge in [-0.15, -0.1) is 0 Å². The molecule has 4 nitrogen and oxygen atoms in total. The summed E-state index contributed by atoms with van der Waals surface area (Å²) in [5.74, 6) is -0.631. The maximum atomic E-state index is 10.7. The van der Waals surface area contributed by atoms with Crippen LogP contribution in [-0.4, -0.2) is 12.0 Å². The van der Waals surface area contributed by atoms with Crippen molar-refractivity contribution >= 4 is 8.03 Å². The first-order valence-electron chi connectivity index (χ1n) is 3.46. The van der Waals surface area contributed by atoms with Crippen LogP contribution in [0.5, 0.6) is 0 Å². The Morgan fingerprint density at radius 1 is 1.69 bits per heavy atom. The molecule has 2 atom stereocenters. The maximum Gasteiger partial charge on any atom is 1.00 e. The monoisotopic (exact) mass is 207 g/mol. The van der Waals surface area contributed by atoms with Crippen molar-refractivity contribution in [2.75, 3.05) is 7.05 Å². The Balaban J connectivity index is 0.00000144. The van der Waals surface area contributed by atoms with Crippen molar-refractivity contribution < 1.29 is 39.0 Å². The van der Waals surface area contributed by atoms with Gasteiger partial charge in [-0.2, -0.15) is 0 Å². The van der Waals surface area contributed by atoms with Gasteiger partial charge in [0, 0.05) is 18.0 Å². The normalized spacial score (nSPS) is 12.9. The largest absolute Gasteiger partial charge is 1.00 e. The predicted molar refractivity (Wildman–Crippen MR) is 43.6 cm³/mol. The van der Waals surface area contributed by atoms with Crippen molar-refractivity contribution in [3.8, 4) is 0 Å². The quantitative estimate of drug-likeness (QED) is 0.436. The minimum atomic E-state index is -2.49. The number of nitrogens with one attached hydrogen (secondary N) is 1. The van der Waals surface area contributed by atoms with Gasteiger partial charge in [-0.1, -0.05) is 4.57 Å². The minimum absolute atomic E-state index is 0. The fraction of sp³-hybridized carbons (Fsp3) is 0.286. The standard InChI is InChI=1S/C7H9N2O2P.Na/c1-8-7(12(10)11)6-3-2-4-9-5-6;/h2-5,7-8H,1H3;/q;+1. The van der Waals surface area contributed by atoms with Crippen LogP contribution in [0.15, 0.2) is 24.5 Å². The summed E-state index contributed by atoms with van der Waals surface area (Å²) in [6, 6.07) is 3.43. The Hall–Kier alpha value is 0.170. The fourth-order valence-electron chi connectivity index (χ4n) is 0.932. The fourth-order valence-corrected chi connectivity index (χ4v) is 1.54. The number of pyridine rings is 1. The molecule has 0 fully saturated rings. The molecule has 1 aromatic rings. The molecule has 0 amide bonds. The Kier molecular flexibility index (Phi) is 6.68. The van der Waals surface area contributed by atoms with Gasteiger partial charge in [0.25, 0.3) is 0 Å². The summed E-state index contributed by atoms with van der Waals surface area (Å²) in [4.78, 5) is 14.5. The Morgan fingerprint density at radius 3 is 2.77 bits per heavy atom. The van der Waals surface area contributed by atoms with Gasteiger partial charge < -0.3 is 4.89 Å². The Morgan fingerprint density at radius 2 is 2.38 bits per heavy atom. The van der Waals surface area contributed by atoms with E-state index in [1.165, 1.54) is 6.20 Å². The van der Waals surface area contributed by atoms with Gasteiger partial charge in [0.1, 0.15) is 0 Å². The number of nitrogens with zero attached hydrogens (tertiary/aromatic N) is 1. The molecule has 0 aliphatic rings. The molecule has 13 heavy (non-hydrogen) atoms. The molecule has 0 aromatic carbocycles. The van der Waals surface area contributed by atoms with Gasteiger partial charge in [-0.3, -0.25) is 10.3 Å². The van der Waals surface area contributed by atoms with Crippen LogP contribution in [0.25, 0.3) is 0 Å². The first-order valence-corrected chi connectivity index (χ1v) is 4.71. The number of hydrogen-bond acceptors (Lipinski definition) is 4. The van der Waals surface area contributed by atoms with E-state index in [4.69, 9.17) is 0 Å². The first-order chi connectivity index (χ1) is 5.75. The summed E-state index contributed by atoms with van der Waals surface area (Å²) in [7, 11) is -0.891. The van der Waals surface area contributed by atoms with Gasteiger partial charge in [-0.05, 0) is 19.2 Å². The van der Waals surface area contributed by atoms with E-state index >= 15 is 0 Å². The average molecular weight is 207 g/mol. The zero-order chi connectivity index (χ0) is 8.97. The molecule has 0 aliphatic heterocycles. The molecule has 1 N–H and O–H groups in total. The van der Waals surface area contributed by atoms with Gasteiger partial charge in [0.15, 0.2) is 0 Å². The summed E-state index contributed by atoms with van der Waals surface area (Å²) in [6.45, 7) is 0. The van der Waals surface area contributed by atoms with E-state index in [1.807, 2.05) is 0 Å². The topological polar surface area (TPSA) is 65.0 Å². The number of hydrogen-bond donors (Lipinski definition) is 1. The van der Waals surface area contributed by atoms with Crippen molar-refractivity contribution in [2.45, 2.75) is 5.78 Å². The molecule has 1 heterocycles. The molecular weight excluding hydrogens is 198 g/mol. The smallest absolute Gasteiger partial charge is 0.594 e. The Labute approximate surface area is 99.9 Å². The van der Waals surface area contributed by atoms with Crippen molar-refractivity contribution in [1.29, 1.82) is 0 Å². The summed E-state index contributed by atoms with van der Waals surface area (Å²) in [5, 5.41) is 2.68. The van der Waals surface area contributed by atoms with Crippen LogP contribution in [0.2, 0.25) is 0 Å². The van der Waals surface area contributed by atoms with Crippen LogP contribution in [0, 0.1) is 0 Å². The third kappa shape index (κ3) is 3.81.